The highest BCUT2D eigenvalue weighted by atomic mass is 32.1. The first-order valence-corrected chi connectivity index (χ1v) is 11.1. The van der Waals surface area contributed by atoms with E-state index < -0.39 is 5.91 Å². The zero-order valence-electron chi connectivity index (χ0n) is 17.8. The molecule has 0 unspecified atom stereocenters. The number of hydrogen-bond acceptors (Lipinski definition) is 6. The van der Waals surface area contributed by atoms with E-state index in [1.165, 1.54) is 16.9 Å². The summed E-state index contributed by atoms with van der Waals surface area (Å²) in [6.07, 6.45) is 0. The Balaban J connectivity index is 1.38. The van der Waals surface area contributed by atoms with E-state index in [2.05, 4.69) is 22.5 Å². The van der Waals surface area contributed by atoms with Crippen molar-refractivity contribution in [3.05, 3.63) is 76.9 Å². The maximum Gasteiger partial charge on any atom is 0.293 e. The summed E-state index contributed by atoms with van der Waals surface area (Å²) in [7, 11) is 1.63. The Morgan fingerprint density at radius 1 is 1.03 bits per heavy atom. The number of ether oxygens (including phenoxy) is 1. The lowest BCUT2D eigenvalue weighted by Gasteiger charge is -2.06. The molecule has 2 heterocycles. The first kappa shape index (κ1) is 21.7. The number of benzene rings is 2. The molecule has 162 valence electrons. The molecule has 0 bridgehead atoms. The third kappa shape index (κ3) is 4.87. The molecule has 2 N–H and O–H groups in total. The Hall–Kier alpha value is -3.49. The fraction of sp³-hybridized carbons (Fsp3) is 0.125. The minimum absolute atomic E-state index is 0.148. The normalized spacial score (nSPS) is 10.6. The number of rotatable bonds is 5. The molecule has 4 aromatic rings. The van der Waals surface area contributed by atoms with Crippen LogP contribution < -0.4 is 15.4 Å². The fourth-order valence-electron chi connectivity index (χ4n) is 3.03. The Morgan fingerprint density at radius 2 is 1.78 bits per heavy atom. The zero-order chi connectivity index (χ0) is 22.7. The molecule has 0 saturated carbocycles. The Kier molecular flexibility index (Phi) is 6.34. The van der Waals surface area contributed by atoms with Crippen LogP contribution in [-0.2, 0) is 0 Å². The molecule has 0 fully saturated rings. The number of amides is 1. The maximum absolute atomic E-state index is 12.5. The molecule has 0 aliphatic rings. The summed E-state index contributed by atoms with van der Waals surface area (Å²) in [6.45, 7) is 4.09. The Morgan fingerprint density at radius 3 is 2.50 bits per heavy atom. The number of nitrogens with zero attached hydrogens (tertiary/aromatic N) is 1. The second-order valence-electron chi connectivity index (χ2n) is 7.14. The summed E-state index contributed by atoms with van der Waals surface area (Å²) in [5.41, 5.74) is 5.04. The molecule has 0 saturated heterocycles. The van der Waals surface area contributed by atoms with E-state index in [1.54, 1.807) is 19.2 Å². The molecule has 2 aromatic carbocycles. The van der Waals surface area contributed by atoms with E-state index in [-0.39, 0.29) is 10.9 Å². The average molecular weight is 464 g/mol. The number of thiocarbonyl (C=S) groups is 1. The van der Waals surface area contributed by atoms with Crippen molar-refractivity contribution in [2.75, 3.05) is 12.4 Å². The second-order valence-corrected chi connectivity index (χ2v) is 8.40. The first-order valence-electron chi connectivity index (χ1n) is 9.82. The van der Waals surface area contributed by atoms with Crippen molar-refractivity contribution < 1.29 is 13.9 Å². The summed E-state index contributed by atoms with van der Waals surface area (Å²) < 4.78 is 10.9. The lowest BCUT2D eigenvalue weighted by molar-refractivity contribution is 0.0951. The fourth-order valence-corrected chi connectivity index (χ4v) is 4.01. The number of methoxy groups -OCH3 is 1. The van der Waals surface area contributed by atoms with Gasteiger partial charge in [-0.05, 0) is 79.7 Å². The van der Waals surface area contributed by atoms with Crippen LogP contribution in [0.2, 0.25) is 0 Å². The van der Waals surface area contributed by atoms with Gasteiger partial charge in [0.1, 0.15) is 11.5 Å². The third-order valence-electron chi connectivity index (χ3n) is 4.96. The van der Waals surface area contributed by atoms with Crippen LogP contribution in [0.25, 0.3) is 22.6 Å². The SMILES string of the molecule is COc1ccc(-c2csc(NC(=S)NC(=O)c3ccc(-c4ccc(C)c(C)c4)o3)n2)cc1. The van der Waals surface area contributed by atoms with Crippen molar-refractivity contribution >= 4 is 39.7 Å². The predicted molar refractivity (Wildman–Crippen MR) is 131 cm³/mol. The largest absolute Gasteiger partial charge is 0.497 e. The summed E-state index contributed by atoms with van der Waals surface area (Å²) in [4.78, 5) is 17.1. The summed E-state index contributed by atoms with van der Waals surface area (Å²) in [6, 6.07) is 17.1. The van der Waals surface area contributed by atoms with Gasteiger partial charge in [0.25, 0.3) is 5.91 Å². The topological polar surface area (TPSA) is 76.4 Å². The van der Waals surface area contributed by atoms with E-state index in [1.807, 2.05) is 54.8 Å². The van der Waals surface area contributed by atoms with Gasteiger partial charge in [-0.1, -0.05) is 12.1 Å². The number of aryl methyl sites for hydroxylation is 2. The molecule has 1 amide bonds. The van der Waals surface area contributed by atoms with E-state index in [0.717, 1.165) is 28.1 Å². The number of hydrogen-bond donors (Lipinski definition) is 2. The Labute approximate surface area is 195 Å². The maximum atomic E-state index is 12.5. The summed E-state index contributed by atoms with van der Waals surface area (Å²) in [5.74, 6) is 1.16. The molecule has 0 spiro atoms. The smallest absolute Gasteiger partial charge is 0.293 e. The molecule has 0 atom stereocenters. The molecule has 4 rings (SSSR count). The minimum Gasteiger partial charge on any atom is -0.497 e. The van der Waals surface area contributed by atoms with E-state index in [4.69, 9.17) is 21.4 Å². The molecule has 2 aromatic heterocycles. The third-order valence-corrected chi connectivity index (χ3v) is 5.92. The Bertz CT molecular complexity index is 1280. The van der Waals surface area contributed by atoms with Gasteiger partial charge in [-0.2, -0.15) is 0 Å². The van der Waals surface area contributed by atoms with Crippen molar-refractivity contribution in [1.29, 1.82) is 0 Å². The number of anilines is 1. The van der Waals surface area contributed by atoms with Gasteiger partial charge >= 0.3 is 0 Å². The van der Waals surface area contributed by atoms with Crippen molar-refractivity contribution in [2.45, 2.75) is 13.8 Å². The van der Waals surface area contributed by atoms with Crippen LogP contribution >= 0.6 is 23.6 Å². The molecular formula is C24H21N3O3S2. The lowest BCUT2D eigenvalue weighted by Crippen LogP contribution is -2.33. The van der Waals surface area contributed by atoms with Gasteiger partial charge in [0.15, 0.2) is 16.0 Å². The molecule has 0 aliphatic heterocycles. The highest BCUT2D eigenvalue weighted by molar-refractivity contribution is 7.80. The van der Waals surface area contributed by atoms with Gasteiger partial charge in [0.05, 0.1) is 12.8 Å². The van der Waals surface area contributed by atoms with Crippen LogP contribution in [-0.4, -0.2) is 23.1 Å². The van der Waals surface area contributed by atoms with Crippen LogP contribution in [0.1, 0.15) is 21.7 Å². The molecule has 32 heavy (non-hydrogen) atoms. The number of aromatic nitrogens is 1. The standard InChI is InChI=1S/C24H21N3O3S2/c1-14-4-5-17(12-15(14)2)20-10-11-21(30-20)22(28)26-23(31)27-24-25-19(13-32-24)16-6-8-18(29-3)9-7-16/h4-13H,1-3H3,(H2,25,26,27,28,31). The number of carbonyl (C=O) groups excluding carboxylic acids is 1. The van der Waals surface area contributed by atoms with Gasteiger partial charge in [-0.25, -0.2) is 4.98 Å². The summed E-state index contributed by atoms with van der Waals surface area (Å²) >= 11 is 6.66. The molecular weight excluding hydrogens is 442 g/mol. The zero-order valence-corrected chi connectivity index (χ0v) is 19.4. The van der Waals surface area contributed by atoms with E-state index in [0.29, 0.717) is 10.9 Å². The quantitative estimate of drug-likeness (QED) is 0.363. The van der Waals surface area contributed by atoms with Gasteiger partial charge in [0.2, 0.25) is 0 Å². The van der Waals surface area contributed by atoms with Crippen LogP contribution in [0.15, 0.2) is 64.4 Å². The van der Waals surface area contributed by atoms with E-state index >= 15 is 0 Å². The lowest BCUT2D eigenvalue weighted by atomic mass is 10.1. The van der Waals surface area contributed by atoms with Crippen molar-refractivity contribution in [3.63, 3.8) is 0 Å². The number of thiazole rings is 1. The summed E-state index contributed by atoms with van der Waals surface area (Å²) in [5, 5.41) is 8.22. The first-order chi connectivity index (χ1) is 15.4. The van der Waals surface area contributed by atoms with Crippen LogP contribution in [0, 0.1) is 13.8 Å². The number of furan rings is 1. The van der Waals surface area contributed by atoms with Crippen LogP contribution in [0.3, 0.4) is 0 Å². The number of nitrogens with one attached hydrogen (secondary N) is 2. The molecule has 6 nitrogen and oxygen atoms in total. The second kappa shape index (κ2) is 9.33. The number of carbonyl (C=O) groups is 1. The van der Waals surface area contributed by atoms with Gasteiger partial charge in [0, 0.05) is 16.5 Å². The highest BCUT2D eigenvalue weighted by Crippen LogP contribution is 2.27. The monoisotopic (exact) mass is 463 g/mol. The average Bonchev–Trinajstić information content (AvgIpc) is 3.46. The highest BCUT2D eigenvalue weighted by Gasteiger charge is 2.15. The van der Waals surface area contributed by atoms with Crippen molar-refractivity contribution in [2.24, 2.45) is 0 Å². The van der Waals surface area contributed by atoms with Crippen molar-refractivity contribution in [3.8, 4) is 28.3 Å². The molecule has 8 heteroatoms. The van der Waals surface area contributed by atoms with E-state index in [9.17, 15) is 4.79 Å². The molecule has 0 radical (unpaired) electrons. The van der Waals surface area contributed by atoms with Crippen LogP contribution in [0.4, 0.5) is 5.13 Å². The van der Waals surface area contributed by atoms with Gasteiger partial charge in [-0.15, -0.1) is 11.3 Å². The van der Waals surface area contributed by atoms with Crippen LogP contribution in [0.5, 0.6) is 5.75 Å². The van der Waals surface area contributed by atoms with Crippen molar-refractivity contribution in [1.82, 2.24) is 10.3 Å². The molecule has 0 aliphatic carbocycles. The van der Waals surface area contributed by atoms with Gasteiger partial charge in [-0.3, -0.25) is 10.1 Å². The van der Waals surface area contributed by atoms with Gasteiger partial charge < -0.3 is 14.5 Å². The minimum atomic E-state index is -0.426. The predicted octanol–water partition coefficient (Wildman–Crippen LogP) is 5.82.